The summed E-state index contributed by atoms with van der Waals surface area (Å²) in [7, 11) is 3.17. The molecule has 0 radical (unpaired) electrons. The van der Waals surface area contributed by atoms with Crippen LogP contribution in [0.15, 0.2) is 47.7 Å². The molecule has 0 amide bonds. The van der Waals surface area contributed by atoms with Gasteiger partial charge in [0.1, 0.15) is 0 Å². The molecule has 0 saturated carbocycles. The second-order valence-electron chi connectivity index (χ2n) is 4.55. The first-order valence-corrected chi connectivity index (χ1v) is 7.29. The van der Waals surface area contributed by atoms with Crippen LogP contribution in [-0.2, 0) is 0 Å². The summed E-state index contributed by atoms with van der Waals surface area (Å²) in [5.74, 6) is 1.27. The molecule has 6 nitrogen and oxygen atoms in total. The molecule has 1 aromatic carbocycles. The Morgan fingerprint density at radius 2 is 1.91 bits per heavy atom. The van der Waals surface area contributed by atoms with Gasteiger partial charge in [0.25, 0.3) is 0 Å². The summed E-state index contributed by atoms with van der Waals surface area (Å²) in [6, 6.07) is 11.1. The van der Waals surface area contributed by atoms with Crippen molar-refractivity contribution in [2.45, 2.75) is 6.92 Å². The van der Waals surface area contributed by atoms with Crippen LogP contribution in [0.25, 0.3) is 0 Å². The largest absolute Gasteiger partial charge is 0.493 e. The number of nitrogens with one attached hydrogen (secondary N) is 2. The van der Waals surface area contributed by atoms with Crippen molar-refractivity contribution in [2.24, 2.45) is 5.10 Å². The first-order valence-electron chi connectivity index (χ1n) is 6.88. The number of hydrogen-bond acceptors (Lipinski definition) is 5. The van der Waals surface area contributed by atoms with Crippen LogP contribution < -0.4 is 20.2 Å². The van der Waals surface area contributed by atoms with Crippen LogP contribution >= 0.6 is 12.2 Å². The number of nitrogens with zero attached hydrogens (tertiary/aromatic N) is 2. The van der Waals surface area contributed by atoms with E-state index in [9.17, 15) is 0 Å². The van der Waals surface area contributed by atoms with Crippen molar-refractivity contribution < 1.29 is 9.47 Å². The average Bonchev–Trinajstić information content (AvgIpc) is 2.60. The molecule has 0 aliphatic heterocycles. The fourth-order valence-electron chi connectivity index (χ4n) is 1.84. The number of benzene rings is 1. The third-order valence-corrected chi connectivity index (χ3v) is 3.20. The smallest absolute Gasteiger partial charge is 0.191 e. The summed E-state index contributed by atoms with van der Waals surface area (Å²) in [6.45, 7) is 1.86. The van der Waals surface area contributed by atoms with Crippen LogP contribution in [0.1, 0.15) is 12.6 Å². The minimum atomic E-state index is 0.368. The lowest BCUT2D eigenvalue weighted by atomic mass is 10.3. The van der Waals surface area contributed by atoms with Crippen molar-refractivity contribution in [1.82, 2.24) is 10.4 Å². The van der Waals surface area contributed by atoms with Crippen LogP contribution in [0, 0.1) is 0 Å². The molecule has 0 spiro atoms. The number of methoxy groups -OCH3 is 2. The molecule has 1 aromatic heterocycles. The average molecular weight is 330 g/mol. The Kier molecular flexibility index (Phi) is 5.87. The summed E-state index contributed by atoms with van der Waals surface area (Å²) < 4.78 is 10.4. The van der Waals surface area contributed by atoms with Crippen molar-refractivity contribution in [3.63, 3.8) is 0 Å². The molecule has 7 heteroatoms. The Balaban J connectivity index is 2.00. The molecule has 2 aromatic rings. The molecule has 2 rings (SSSR count). The molecule has 23 heavy (non-hydrogen) atoms. The minimum Gasteiger partial charge on any atom is -0.493 e. The zero-order valence-electron chi connectivity index (χ0n) is 13.2. The Morgan fingerprint density at radius 1 is 1.13 bits per heavy atom. The second-order valence-corrected chi connectivity index (χ2v) is 4.96. The third-order valence-electron chi connectivity index (χ3n) is 3.00. The highest BCUT2D eigenvalue weighted by molar-refractivity contribution is 7.80. The van der Waals surface area contributed by atoms with E-state index in [2.05, 4.69) is 20.8 Å². The van der Waals surface area contributed by atoms with Gasteiger partial charge in [0.15, 0.2) is 16.6 Å². The lowest BCUT2D eigenvalue weighted by molar-refractivity contribution is 0.355. The first kappa shape index (κ1) is 16.7. The van der Waals surface area contributed by atoms with E-state index in [1.54, 1.807) is 32.5 Å². The zero-order valence-corrected chi connectivity index (χ0v) is 14.0. The topological polar surface area (TPSA) is 67.8 Å². The lowest BCUT2D eigenvalue weighted by Crippen LogP contribution is -2.25. The van der Waals surface area contributed by atoms with E-state index in [0.717, 1.165) is 17.1 Å². The summed E-state index contributed by atoms with van der Waals surface area (Å²) >= 11 is 5.22. The van der Waals surface area contributed by atoms with Gasteiger partial charge in [-0.15, -0.1) is 0 Å². The van der Waals surface area contributed by atoms with Gasteiger partial charge in [0.05, 0.1) is 25.6 Å². The van der Waals surface area contributed by atoms with Gasteiger partial charge in [-0.1, -0.05) is 6.07 Å². The van der Waals surface area contributed by atoms with E-state index in [1.165, 1.54) is 0 Å². The molecule has 0 aliphatic rings. The fourth-order valence-corrected chi connectivity index (χ4v) is 2.01. The van der Waals surface area contributed by atoms with Gasteiger partial charge in [-0.25, -0.2) is 0 Å². The standard InChI is InChI=1S/C16H18N4O2S/c1-11(13-6-4-5-9-17-13)19-20-16(23)18-12-7-8-14(21-2)15(10-12)22-3/h4-10H,1-3H3,(H2,18,20,23)/b19-11-. The normalized spacial score (nSPS) is 10.8. The highest BCUT2D eigenvalue weighted by atomic mass is 32.1. The van der Waals surface area contributed by atoms with Crippen LogP contribution in [0.2, 0.25) is 0 Å². The maximum absolute atomic E-state index is 5.25. The van der Waals surface area contributed by atoms with Crippen molar-refractivity contribution >= 4 is 28.7 Å². The molecule has 0 atom stereocenters. The molecule has 1 heterocycles. The highest BCUT2D eigenvalue weighted by Gasteiger charge is 2.05. The molecule has 0 saturated heterocycles. The number of ether oxygens (including phenoxy) is 2. The number of hydrogen-bond donors (Lipinski definition) is 2. The number of aromatic nitrogens is 1. The monoisotopic (exact) mass is 330 g/mol. The van der Waals surface area contributed by atoms with Crippen LogP contribution in [-0.4, -0.2) is 30.0 Å². The van der Waals surface area contributed by atoms with Crippen LogP contribution in [0.5, 0.6) is 11.5 Å². The molecule has 0 aliphatic carbocycles. The predicted molar refractivity (Wildman–Crippen MR) is 95.4 cm³/mol. The van der Waals surface area contributed by atoms with E-state index >= 15 is 0 Å². The summed E-state index contributed by atoms with van der Waals surface area (Å²) in [5.41, 5.74) is 5.09. The Morgan fingerprint density at radius 3 is 2.57 bits per heavy atom. The van der Waals surface area contributed by atoms with Gasteiger partial charge in [0.2, 0.25) is 0 Å². The molecular formula is C16H18N4O2S. The van der Waals surface area contributed by atoms with E-state index < -0.39 is 0 Å². The number of rotatable bonds is 5. The predicted octanol–water partition coefficient (Wildman–Crippen LogP) is 2.81. The fraction of sp³-hybridized carbons (Fsp3) is 0.188. The molecule has 0 bridgehead atoms. The van der Waals surface area contributed by atoms with E-state index in [1.807, 2.05) is 31.2 Å². The number of pyridine rings is 1. The maximum Gasteiger partial charge on any atom is 0.191 e. The summed E-state index contributed by atoms with van der Waals surface area (Å²) in [5, 5.41) is 7.61. The Labute approximate surface area is 140 Å². The quantitative estimate of drug-likeness (QED) is 0.499. The van der Waals surface area contributed by atoms with Crippen molar-refractivity contribution in [1.29, 1.82) is 0 Å². The van der Waals surface area contributed by atoms with Crippen molar-refractivity contribution in [3.8, 4) is 11.5 Å². The van der Waals surface area contributed by atoms with Gasteiger partial charge in [-0.05, 0) is 43.4 Å². The Hall–Kier alpha value is -2.67. The van der Waals surface area contributed by atoms with Crippen molar-refractivity contribution in [2.75, 3.05) is 19.5 Å². The zero-order chi connectivity index (χ0) is 16.7. The number of anilines is 1. The highest BCUT2D eigenvalue weighted by Crippen LogP contribution is 2.29. The maximum atomic E-state index is 5.25. The SMILES string of the molecule is COc1ccc(NC(=S)N/N=C(/C)c2ccccn2)cc1OC. The van der Waals surface area contributed by atoms with Crippen LogP contribution in [0.4, 0.5) is 5.69 Å². The van der Waals surface area contributed by atoms with Gasteiger partial charge in [-0.3, -0.25) is 10.4 Å². The molecule has 2 N–H and O–H groups in total. The first-order chi connectivity index (χ1) is 11.1. The van der Waals surface area contributed by atoms with Gasteiger partial charge in [-0.2, -0.15) is 5.10 Å². The molecule has 0 fully saturated rings. The molecule has 120 valence electrons. The molecule has 0 unspecified atom stereocenters. The van der Waals surface area contributed by atoms with E-state index in [-0.39, 0.29) is 0 Å². The summed E-state index contributed by atoms with van der Waals surface area (Å²) in [6.07, 6.45) is 1.72. The molecular weight excluding hydrogens is 312 g/mol. The van der Waals surface area contributed by atoms with Gasteiger partial charge in [0, 0.05) is 18.0 Å². The van der Waals surface area contributed by atoms with Crippen molar-refractivity contribution in [3.05, 3.63) is 48.3 Å². The Bertz CT molecular complexity index is 704. The number of hydrazone groups is 1. The summed E-state index contributed by atoms with van der Waals surface area (Å²) in [4.78, 5) is 4.22. The van der Waals surface area contributed by atoms with E-state index in [4.69, 9.17) is 21.7 Å². The van der Waals surface area contributed by atoms with Gasteiger partial charge < -0.3 is 14.8 Å². The lowest BCUT2D eigenvalue weighted by Gasteiger charge is -2.11. The van der Waals surface area contributed by atoms with Gasteiger partial charge >= 0.3 is 0 Å². The number of thiocarbonyl (C=S) groups is 1. The minimum absolute atomic E-state index is 0.368. The third kappa shape index (κ3) is 4.65. The van der Waals surface area contributed by atoms with Crippen LogP contribution in [0.3, 0.4) is 0 Å². The van der Waals surface area contributed by atoms with E-state index in [0.29, 0.717) is 16.6 Å². The second kappa shape index (κ2) is 8.09.